The van der Waals surface area contributed by atoms with E-state index < -0.39 is 22.5 Å². The van der Waals surface area contributed by atoms with Crippen LogP contribution in [0.1, 0.15) is 22.8 Å². The molecule has 0 heterocycles. The molecule has 0 saturated heterocycles. The van der Waals surface area contributed by atoms with Gasteiger partial charge in [0, 0.05) is 13.0 Å². The summed E-state index contributed by atoms with van der Waals surface area (Å²) in [6.45, 7) is 2.69. The maximum Gasteiger partial charge on any atom is 0.338 e. The predicted octanol–water partition coefficient (Wildman–Crippen LogP) is 1.56. The number of benzene rings is 1. The lowest BCUT2D eigenvalue weighted by Crippen LogP contribution is -2.13. The van der Waals surface area contributed by atoms with Gasteiger partial charge in [-0.3, -0.25) is 14.9 Å². The first-order valence-electron chi connectivity index (χ1n) is 4.63. The van der Waals surface area contributed by atoms with Gasteiger partial charge < -0.3 is 10.4 Å². The summed E-state index contributed by atoms with van der Waals surface area (Å²) < 4.78 is 0. The first-order valence-corrected chi connectivity index (χ1v) is 4.63. The van der Waals surface area contributed by atoms with Gasteiger partial charge in [0.1, 0.15) is 5.69 Å². The van der Waals surface area contributed by atoms with Crippen molar-refractivity contribution in [3.63, 3.8) is 0 Å². The number of hydrogen-bond donors (Lipinski definition) is 2. The Balaban J connectivity index is 3.52. The van der Waals surface area contributed by atoms with Crippen molar-refractivity contribution in [2.45, 2.75) is 13.8 Å². The molecule has 0 fully saturated rings. The first-order chi connectivity index (χ1) is 7.82. The van der Waals surface area contributed by atoms with Gasteiger partial charge in [-0.2, -0.15) is 0 Å². The highest BCUT2D eigenvalue weighted by Crippen LogP contribution is 2.30. The van der Waals surface area contributed by atoms with Gasteiger partial charge in [-0.1, -0.05) is 0 Å². The zero-order valence-electron chi connectivity index (χ0n) is 9.18. The molecule has 0 unspecified atom stereocenters. The molecule has 0 spiro atoms. The van der Waals surface area contributed by atoms with E-state index in [1.54, 1.807) is 0 Å². The summed E-state index contributed by atoms with van der Waals surface area (Å²) in [5.41, 5.74) is -0.590. The number of carbonyl (C=O) groups is 2. The van der Waals surface area contributed by atoms with E-state index >= 15 is 0 Å². The van der Waals surface area contributed by atoms with E-state index in [4.69, 9.17) is 5.11 Å². The van der Waals surface area contributed by atoms with Crippen LogP contribution in [0.3, 0.4) is 0 Å². The van der Waals surface area contributed by atoms with E-state index in [-0.39, 0.29) is 11.3 Å². The third-order valence-corrected chi connectivity index (χ3v) is 1.99. The average molecular weight is 238 g/mol. The number of anilines is 1. The molecule has 0 aromatic heterocycles. The number of nitro benzene ring substituents is 1. The second-order valence-electron chi connectivity index (χ2n) is 3.45. The van der Waals surface area contributed by atoms with Crippen LogP contribution in [0.4, 0.5) is 11.4 Å². The van der Waals surface area contributed by atoms with E-state index in [2.05, 4.69) is 5.32 Å². The van der Waals surface area contributed by atoms with Crippen LogP contribution in [0.25, 0.3) is 0 Å². The molecule has 0 aliphatic heterocycles. The summed E-state index contributed by atoms with van der Waals surface area (Å²) in [6, 6.07) is 2.47. The van der Waals surface area contributed by atoms with Gasteiger partial charge in [0.25, 0.3) is 5.69 Å². The third kappa shape index (κ3) is 2.77. The smallest absolute Gasteiger partial charge is 0.338 e. The van der Waals surface area contributed by atoms with Gasteiger partial charge in [-0.05, 0) is 18.6 Å². The summed E-state index contributed by atoms with van der Waals surface area (Å²) in [5, 5.41) is 21.9. The van der Waals surface area contributed by atoms with Crippen molar-refractivity contribution in [2.24, 2.45) is 0 Å². The van der Waals surface area contributed by atoms with Crippen LogP contribution in [0.2, 0.25) is 0 Å². The number of carbonyl (C=O) groups excluding carboxylic acids is 1. The third-order valence-electron chi connectivity index (χ3n) is 1.99. The fourth-order valence-corrected chi connectivity index (χ4v) is 1.39. The molecule has 0 saturated carbocycles. The second-order valence-corrected chi connectivity index (χ2v) is 3.45. The number of nitrogens with zero attached hydrogens (tertiary/aromatic N) is 1. The molecule has 2 N–H and O–H groups in total. The van der Waals surface area contributed by atoms with Crippen LogP contribution in [-0.4, -0.2) is 21.9 Å². The SMILES string of the molecule is CC(=O)Nc1c(C(=O)O)cc(C)cc1[N+](=O)[O-]. The molecule has 7 nitrogen and oxygen atoms in total. The van der Waals surface area contributed by atoms with Crippen LogP contribution < -0.4 is 5.32 Å². The lowest BCUT2D eigenvalue weighted by atomic mass is 10.1. The molecule has 1 aromatic rings. The Labute approximate surface area is 96.2 Å². The number of carboxylic acid groups (broad SMARTS) is 1. The van der Waals surface area contributed by atoms with Gasteiger partial charge in [0.2, 0.25) is 5.91 Å². The lowest BCUT2D eigenvalue weighted by Gasteiger charge is -2.08. The first kappa shape index (κ1) is 12.6. The Hall–Kier alpha value is -2.44. The molecular weight excluding hydrogens is 228 g/mol. The summed E-state index contributed by atoms with van der Waals surface area (Å²) in [4.78, 5) is 31.9. The lowest BCUT2D eigenvalue weighted by molar-refractivity contribution is -0.384. The van der Waals surface area contributed by atoms with Crippen LogP contribution in [-0.2, 0) is 4.79 Å². The van der Waals surface area contributed by atoms with Crippen molar-refractivity contribution in [2.75, 3.05) is 5.32 Å². The number of aromatic carboxylic acids is 1. The summed E-state index contributed by atoms with van der Waals surface area (Å²) in [5.74, 6) is -1.90. The highest BCUT2D eigenvalue weighted by Gasteiger charge is 2.23. The zero-order chi connectivity index (χ0) is 13.2. The van der Waals surface area contributed by atoms with Crippen molar-refractivity contribution in [1.29, 1.82) is 0 Å². The maximum atomic E-state index is 11.0. The molecule has 1 amide bonds. The normalized spacial score (nSPS) is 9.76. The molecule has 90 valence electrons. The van der Waals surface area contributed by atoms with Crippen molar-refractivity contribution in [3.05, 3.63) is 33.4 Å². The van der Waals surface area contributed by atoms with E-state index in [1.165, 1.54) is 19.1 Å². The average Bonchev–Trinajstić information content (AvgIpc) is 2.18. The Morgan fingerprint density at radius 1 is 1.41 bits per heavy atom. The van der Waals surface area contributed by atoms with Gasteiger partial charge >= 0.3 is 5.97 Å². The maximum absolute atomic E-state index is 11.0. The van der Waals surface area contributed by atoms with Crippen molar-refractivity contribution in [1.82, 2.24) is 0 Å². The number of nitrogens with one attached hydrogen (secondary N) is 1. The number of aryl methyl sites for hydroxylation is 1. The highest BCUT2D eigenvalue weighted by molar-refractivity contribution is 6.02. The molecule has 1 rings (SSSR count). The summed E-state index contributed by atoms with van der Waals surface area (Å²) in [7, 11) is 0. The summed E-state index contributed by atoms with van der Waals surface area (Å²) >= 11 is 0. The summed E-state index contributed by atoms with van der Waals surface area (Å²) in [6.07, 6.45) is 0. The fraction of sp³-hybridized carbons (Fsp3) is 0.200. The topological polar surface area (TPSA) is 110 Å². The number of nitro groups is 1. The zero-order valence-corrected chi connectivity index (χ0v) is 9.18. The molecule has 17 heavy (non-hydrogen) atoms. The quantitative estimate of drug-likeness (QED) is 0.613. The Bertz CT molecular complexity index is 474. The predicted molar refractivity (Wildman–Crippen MR) is 59.1 cm³/mol. The highest BCUT2D eigenvalue weighted by atomic mass is 16.6. The van der Waals surface area contributed by atoms with Crippen LogP contribution in [0.15, 0.2) is 12.1 Å². The molecular formula is C10H10N2O5. The van der Waals surface area contributed by atoms with Crippen LogP contribution in [0.5, 0.6) is 0 Å². The molecule has 1 aromatic carbocycles. The van der Waals surface area contributed by atoms with E-state index in [0.29, 0.717) is 5.56 Å². The molecule has 7 heteroatoms. The van der Waals surface area contributed by atoms with Crippen molar-refractivity contribution >= 4 is 23.3 Å². The molecule has 0 radical (unpaired) electrons. The Morgan fingerprint density at radius 3 is 2.41 bits per heavy atom. The van der Waals surface area contributed by atoms with Gasteiger partial charge in [-0.15, -0.1) is 0 Å². The Morgan fingerprint density at radius 2 is 2.00 bits per heavy atom. The minimum Gasteiger partial charge on any atom is -0.478 e. The molecule has 0 atom stereocenters. The molecule has 0 aliphatic rings. The van der Waals surface area contributed by atoms with E-state index in [1.807, 2.05) is 0 Å². The minimum absolute atomic E-state index is 0.291. The largest absolute Gasteiger partial charge is 0.478 e. The van der Waals surface area contributed by atoms with Gasteiger partial charge in [0.15, 0.2) is 0 Å². The van der Waals surface area contributed by atoms with Crippen molar-refractivity contribution < 1.29 is 19.6 Å². The van der Waals surface area contributed by atoms with E-state index in [0.717, 1.165) is 6.92 Å². The van der Waals surface area contributed by atoms with Crippen molar-refractivity contribution in [3.8, 4) is 0 Å². The Kier molecular flexibility index (Phi) is 3.42. The number of carboxylic acids is 1. The van der Waals surface area contributed by atoms with E-state index in [9.17, 15) is 19.7 Å². The van der Waals surface area contributed by atoms with Crippen LogP contribution in [0, 0.1) is 17.0 Å². The van der Waals surface area contributed by atoms with Gasteiger partial charge in [-0.25, -0.2) is 4.79 Å². The minimum atomic E-state index is -1.33. The monoisotopic (exact) mass is 238 g/mol. The molecule has 0 bridgehead atoms. The number of hydrogen-bond acceptors (Lipinski definition) is 4. The number of amides is 1. The number of rotatable bonds is 3. The van der Waals surface area contributed by atoms with Gasteiger partial charge in [0.05, 0.1) is 10.5 Å². The van der Waals surface area contributed by atoms with Crippen LogP contribution >= 0.6 is 0 Å². The molecule has 0 aliphatic carbocycles. The fourth-order valence-electron chi connectivity index (χ4n) is 1.39. The standard InChI is InChI=1S/C10H10N2O5/c1-5-3-7(10(14)15)9(11-6(2)13)8(4-5)12(16)17/h3-4H,1-2H3,(H,11,13)(H,14,15). The second kappa shape index (κ2) is 4.60.